The SMILES string of the molecule is c1ccc(-c2ccc(-c3nc4cc5sc6c(-c7nc(-c8ccccc8)nc(-c8ccc9ccccc9c8)n7)cccc6c5cc4s3)cc2)cc1. The lowest BCUT2D eigenvalue weighted by Crippen LogP contribution is -2.00. The average Bonchev–Trinajstić information content (AvgIpc) is 3.78. The van der Waals surface area contributed by atoms with Crippen LogP contribution in [0.1, 0.15) is 0 Å². The predicted molar refractivity (Wildman–Crippen MR) is 211 cm³/mol. The summed E-state index contributed by atoms with van der Waals surface area (Å²) in [5.74, 6) is 1.98. The number of thiazole rings is 1. The molecule has 0 aliphatic heterocycles. The fraction of sp³-hybridized carbons (Fsp3) is 0. The van der Waals surface area contributed by atoms with Crippen molar-refractivity contribution in [1.29, 1.82) is 0 Å². The van der Waals surface area contributed by atoms with Gasteiger partial charge >= 0.3 is 0 Å². The van der Waals surface area contributed by atoms with E-state index in [1.807, 2.05) is 24.3 Å². The first-order valence-electron chi connectivity index (χ1n) is 16.5. The van der Waals surface area contributed by atoms with Gasteiger partial charge in [0.2, 0.25) is 0 Å². The van der Waals surface area contributed by atoms with Crippen LogP contribution in [0.3, 0.4) is 0 Å². The van der Waals surface area contributed by atoms with Gasteiger partial charge in [-0.25, -0.2) is 19.9 Å². The van der Waals surface area contributed by atoms with Gasteiger partial charge in [0, 0.05) is 42.4 Å². The van der Waals surface area contributed by atoms with E-state index in [4.69, 9.17) is 19.9 Å². The maximum absolute atomic E-state index is 5.12. The number of hydrogen-bond acceptors (Lipinski definition) is 6. The quantitative estimate of drug-likeness (QED) is 0.182. The van der Waals surface area contributed by atoms with Gasteiger partial charge in [-0.1, -0.05) is 133 Å². The number of aromatic nitrogens is 4. The van der Waals surface area contributed by atoms with Crippen molar-refractivity contribution < 1.29 is 0 Å². The Morgan fingerprint density at radius 1 is 0.360 bits per heavy atom. The van der Waals surface area contributed by atoms with E-state index in [1.54, 1.807) is 22.7 Å². The van der Waals surface area contributed by atoms with E-state index >= 15 is 0 Å². The van der Waals surface area contributed by atoms with Gasteiger partial charge in [0.25, 0.3) is 0 Å². The minimum Gasteiger partial charge on any atom is -0.236 e. The molecule has 0 saturated carbocycles. The molecule has 0 N–H and O–H groups in total. The second-order valence-corrected chi connectivity index (χ2v) is 14.4. The Labute approximate surface area is 296 Å². The maximum Gasteiger partial charge on any atom is 0.165 e. The standard InChI is InChI=1S/C44H26N4S2/c1-3-10-27(11-4-1)29-18-21-31(22-19-29)44-45-37-26-38-36(25-39(37)50-44)34-16-9-17-35(40(34)49-38)43-47-41(30-13-5-2-6-14-30)46-42(48-43)33-23-20-28-12-7-8-15-32(28)24-33/h1-26H. The molecule has 4 nitrogen and oxygen atoms in total. The molecule has 3 aromatic heterocycles. The van der Waals surface area contributed by atoms with Crippen LogP contribution in [-0.2, 0) is 0 Å². The van der Waals surface area contributed by atoms with Gasteiger partial charge in [-0.2, -0.15) is 0 Å². The van der Waals surface area contributed by atoms with Crippen molar-refractivity contribution in [3.8, 4) is 55.9 Å². The van der Waals surface area contributed by atoms with Crippen LogP contribution < -0.4 is 0 Å². The molecule has 7 aromatic carbocycles. The number of thiophene rings is 1. The van der Waals surface area contributed by atoms with Crippen LogP contribution in [0.2, 0.25) is 0 Å². The fourth-order valence-electron chi connectivity index (χ4n) is 6.62. The summed E-state index contributed by atoms with van der Waals surface area (Å²) >= 11 is 3.51. The number of nitrogens with zero attached hydrogens (tertiary/aromatic N) is 4. The van der Waals surface area contributed by atoms with E-state index in [1.165, 1.54) is 36.7 Å². The molecule has 234 valence electrons. The van der Waals surface area contributed by atoms with Gasteiger partial charge in [0.15, 0.2) is 17.5 Å². The van der Waals surface area contributed by atoms with E-state index in [0.29, 0.717) is 17.5 Å². The summed E-state index contributed by atoms with van der Waals surface area (Å²) in [7, 11) is 0. The minimum absolute atomic E-state index is 0.658. The highest BCUT2D eigenvalue weighted by Crippen LogP contribution is 2.43. The highest BCUT2D eigenvalue weighted by molar-refractivity contribution is 7.26. The molecule has 0 unspecified atom stereocenters. The van der Waals surface area contributed by atoms with E-state index in [9.17, 15) is 0 Å². The molecule has 0 bridgehead atoms. The molecule has 0 saturated heterocycles. The zero-order chi connectivity index (χ0) is 33.0. The van der Waals surface area contributed by atoms with E-state index in [2.05, 4.69) is 133 Å². The van der Waals surface area contributed by atoms with Crippen LogP contribution in [0, 0.1) is 0 Å². The third kappa shape index (κ3) is 5.05. The number of rotatable bonds is 5. The predicted octanol–water partition coefficient (Wildman–Crippen LogP) is 12.3. The lowest BCUT2D eigenvalue weighted by Gasteiger charge is -2.09. The van der Waals surface area contributed by atoms with Crippen LogP contribution in [0.25, 0.3) is 97.0 Å². The summed E-state index contributed by atoms with van der Waals surface area (Å²) in [5, 5.41) is 5.79. The number of benzene rings is 7. The van der Waals surface area contributed by atoms with Gasteiger partial charge in [-0.05, 0) is 46.2 Å². The fourth-order valence-corrected chi connectivity index (χ4v) is 8.84. The van der Waals surface area contributed by atoms with Crippen LogP contribution in [0.15, 0.2) is 158 Å². The lowest BCUT2D eigenvalue weighted by molar-refractivity contribution is 1.08. The zero-order valence-corrected chi connectivity index (χ0v) is 28.2. The molecule has 0 atom stereocenters. The summed E-state index contributed by atoms with van der Waals surface area (Å²) < 4.78 is 3.53. The molecule has 0 radical (unpaired) electrons. The monoisotopic (exact) mass is 674 g/mol. The summed E-state index contributed by atoms with van der Waals surface area (Å²) in [6, 6.07) is 55.1. The minimum atomic E-state index is 0.658. The van der Waals surface area contributed by atoms with Crippen molar-refractivity contribution in [2.45, 2.75) is 0 Å². The third-order valence-electron chi connectivity index (χ3n) is 9.16. The molecule has 6 heteroatoms. The molecular formula is C44H26N4S2. The molecule has 0 aliphatic rings. The smallest absolute Gasteiger partial charge is 0.165 e. The first kappa shape index (κ1) is 28.9. The second kappa shape index (κ2) is 11.8. The normalized spacial score (nSPS) is 11.6. The van der Waals surface area contributed by atoms with Crippen LogP contribution in [0.4, 0.5) is 0 Å². The van der Waals surface area contributed by atoms with Crippen molar-refractivity contribution in [2.75, 3.05) is 0 Å². The molecular weight excluding hydrogens is 649 g/mol. The summed E-state index contributed by atoms with van der Waals surface area (Å²) in [4.78, 5) is 20.3. The molecule has 0 spiro atoms. The van der Waals surface area contributed by atoms with Crippen LogP contribution >= 0.6 is 22.7 Å². The molecule has 10 rings (SSSR count). The summed E-state index contributed by atoms with van der Waals surface area (Å²) in [6.45, 7) is 0. The highest BCUT2D eigenvalue weighted by atomic mass is 32.1. The molecule has 10 aromatic rings. The lowest BCUT2D eigenvalue weighted by atomic mass is 10.0. The first-order chi connectivity index (χ1) is 24.7. The van der Waals surface area contributed by atoms with E-state index < -0.39 is 0 Å². The highest BCUT2D eigenvalue weighted by Gasteiger charge is 2.18. The Morgan fingerprint density at radius 2 is 1.00 bits per heavy atom. The maximum atomic E-state index is 5.12. The van der Waals surface area contributed by atoms with Gasteiger partial charge in [-0.15, -0.1) is 22.7 Å². The topological polar surface area (TPSA) is 51.6 Å². The van der Waals surface area contributed by atoms with E-state index in [0.717, 1.165) is 42.9 Å². The molecule has 0 amide bonds. The zero-order valence-electron chi connectivity index (χ0n) is 26.6. The van der Waals surface area contributed by atoms with Gasteiger partial charge in [-0.3, -0.25) is 0 Å². The van der Waals surface area contributed by atoms with Crippen molar-refractivity contribution >= 4 is 63.8 Å². The summed E-state index contributed by atoms with van der Waals surface area (Å²) in [5.41, 5.74) is 7.49. The molecule has 3 heterocycles. The van der Waals surface area contributed by atoms with Gasteiger partial charge in [0.05, 0.1) is 10.2 Å². The van der Waals surface area contributed by atoms with Crippen molar-refractivity contribution in [1.82, 2.24) is 19.9 Å². The second-order valence-electron chi connectivity index (χ2n) is 12.3. The Kier molecular flexibility index (Phi) is 6.82. The van der Waals surface area contributed by atoms with Gasteiger partial charge in [0.1, 0.15) is 5.01 Å². The molecule has 50 heavy (non-hydrogen) atoms. The Bertz CT molecular complexity index is 2860. The van der Waals surface area contributed by atoms with E-state index in [-0.39, 0.29) is 0 Å². The Balaban J connectivity index is 1.08. The van der Waals surface area contributed by atoms with Crippen molar-refractivity contribution in [3.05, 3.63) is 158 Å². The molecule has 0 aliphatic carbocycles. The molecule has 0 fully saturated rings. The van der Waals surface area contributed by atoms with Crippen LogP contribution in [0.5, 0.6) is 0 Å². The first-order valence-corrected chi connectivity index (χ1v) is 18.1. The number of hydrogen-bond donors (Lipinski definition) is 0. The van der Waals surface area contributed by atoms with Gasteiger partial charge < -0.3 is 0 Å². The third-order valence-corrected chi connectivity index (χ3v) is 11.4. The average molecular weight is 675 g/mol. The van der Waals surface area contributed by atoms with Crippen LogP contribution in [-0.4, -0.2) is 19.9 Å². The largest absolute Gasteiger partial charge is 0.236 e. The Morgan fingerprint density at radius 3 is 1.80 bits per heavy atom. The van der Waals surface area contributed by atoms with Crippen molar-refractivity contribution in [2.24, 2.45) is 0 Å². The summed E-state index contributed by atoms with van der Waals surface area (Å²) in [6.07, 6.45) is 0. The Hall–Kier alpha value is -6.08. The van der Waals surface area contributed by atoms with Crippen molar-refractivity contribution in [3.63, 3.8) is 0 Å². The number of fused-ring (bicyclic) bond motifs is 5.